The molecule has 1 saturated carbocycles. The Labute approximate surface area is 215 Å². The number of para-hydroxylation sites is 1. The van der Waals surface area contributed by atoms with Crippen LogP contribution < -0.4 is 10.2 Å². The van der Waals surface area contributed by atoms with E-state index in [2.05, 4.69) is 37.1 Å². The average Bonchev–Trinajstić information content (AvgIpc) is 3.70. The maximum Gasteiger partial charge on any atom is 0.227 e. The number of rotatable bonds is 11. The zero-order chi connectivity index (χ0) is 25.7. The van der Waals surface area contributed by atoms with Crippen molar-refractivity contribution in [1.29, 1.82) is 0 Å². The monoisotopic (exact) mass is 491 g/mol. The van der Waals surface area contributed by atoms with Crippen LogP contribution in [0, 0.1) is 23.7 Å². The summed E-state index contributed by atoms with van der Waals surface area (Å²) in [5, 5.41) is 14.0. The summed E-state index contributed by atoms with van der Waals surface area (Å²) in [5.74, 6) is 0.241. The minimum absolute atomic E-state index is 0.103. The predicted molar refractivity (Wildman–Crippen MR) is 145 cm³/mol. The van der Waals surface area contributed by atoms with Crippen LogP contribution in [0.1, 0.15) is 64.9 Å². The Morgan fingerprint density at radius 2 is 2.00 bits per heavy atom. The van der Waals surface area contributed by atoms with Gasteiger partial charge in [0, 0.05) is 24.0 Å². The molecular weight excluding hydrogens is 450 g/mol. The smallest absolute Gasteiger partial charge is 0.227 e. The number of amides is 1. The molecule has 1 fully saturated rings. The molecular formula is C30H41N3O3. The third-order valence-corrected chi connectivity index (χ3v) is 7.59. The molecule has 2 aliphatic carbocycles. The Hall–Kier alpha value is -2.73. The molecule has 6 heteroatoms. The van der Waals surface area contributed by atoms with Crippen LogP contribution in [0.4, 0.5) is 5.69 Å². The normalized spacial score (nSPS) is 23.2. The van der Waals surface area contributed by atoms with Gasteiger partial charge in [0.2, 0.25) is 5.91 Å². The molecule has 1 aromatic rings. The van der Waals surface area contributed by atoms with Crippen molar-refractivity contribution in [3.8, 4) is 0 Å². The number of anilines is 1. The van der Waals surface area contributed by atoms with Gasteiger partial charge < -0.3 is 15.3 Å². The van der Waals surface area contributed by atoms with Crippen LogP contribution in [0.3, 0.4) is 0 Å². The van der Waals surface area contributed by atoms with Gasteiger partial charge in [-0.2, -0.15) is 0 Å². The first-order chi connectivity index (χ1) is 17.4. The first-order valence-corrected chi connectivity index (χ1v) is 13.6. The number of hydrogen-bond donors (Lipinski definition) is 2. The van der Waals surface area contributed by atoms with E-state index in [0.29, 0.717) is 31.3 Å². The van der Waals surface area contributed by atoms with Gasteiger partial charge in [0.05, 0.1) is 24.5 Å². The predicted octanol–water partition coefficient (Wildman–Crippen LogP) is 4.67. The molecule has 0 radical (unpaired) electrons. The van der Waals surface area contributed by atoms with E-state index in [9.17, 15) is 14.7 Å². The molecule has 3 aliphatic rings. The SMILES string of the molecule is CCCC[C@H](O)[C@@H](CC1CC1)C(=O)NC1CN(CC2C=C(C(C)C)C=CC2=O)c2ccccc2C=N1. The Kier molecular flexibility index (Phi) is 8.78. The van der Waals surface area contributed by atoms with Gasteiger partial charge in [0.15, 0.2) is 5.78 Å². The van der Waals surface area contributed by atoms with Crippen molar-refractivity contribution in [1.82, 2.24) is 5.32 Å². The number of unbranched alkanes of at least 4 members (excludes halogenated alkanes) is 1. The first kappa shape index (κ1) is 26.3. The van der Waals surface area contributed by atoms with Crippen molar-refractivity contribution in [2.45, 2.75) is 71.6 Å². The third-order valence-electron chi connectivity index (χ3n) is 7.59. The van der Waals surface area contributed by atoms with Crippen LogP contribution in [0.5, 0.6) is 0 Å². The second-order valence-corrected chi connectivity index (χ2v) is 10.9. The third kappa shape index (κ3) is 6.73. The highest BCUT2D eigenvalue weighted by Crippen LogP contribution is 2.37. The molecule has 194 valence electrons. The van der Waals surface area contributed by atoms with Crippen LogP contribution in [-0.2, 0) is 9.59 Å². The van der Waals surface area contributed by atoms with Crippen molar-refractivity contribution in [3.05, 3.63) is 53.6 Å². The highest BCUT2D eigenvalue weighted by Gasteiger charge is 2.35. The Morgan fingerprint density at radius 1 is 1.22 bits per heavy atom. The lowest BCUT2D eigenvalue weighted by Crippen LogP contribution is -2.48. The summed E-state index contributed by atoms with van der Waals surface area (Å²) in [6, 6.07) is 8.03. The molecule has 36 heavy (non-hydrogen) atoms. The fourth-order valence-electron chi connectivity index (χ4n) is 5.14. The van der Waals surface area contributed by atoms with Gasteiger partial charge in [0.25, 0.3) is 0 Å². The number of carbonyl (C=O) groups excluding carboxylic acids is 2. The second-order valence-electron chi connectivity index (χ2n) is 10.9. The molecule has 0 saturated heterocycles. The molecule has 4 atom stereocenters. The molecule has 2 N–H and O–H groups in total. The minimum Gasteiger partial charge on any atom is -0.392 e. The zero-order valence-electron chi connectivity index (χ0n) is 21.9. The lowest BCUT2D eigenvalue weighted by atomic mass is 9.89. The number of aliphatic imine (C=N–C) groups is 1. The molecule has 1 amide bonds. The number of nitrogens with one attached hydrogen (secondary N) is 1. The van der Waals surface area contributed by atoms with E-state index >= 15 is 0 Å². The Balaban J connectivity index is 1.51. The highest BCUT2D eigenvalue weighted by atomic mass is 16.3. The van der Waals surface area contributed by atoms with Crippen molar-refractivity contribution in [2.75, 3.05) is 18.0 Å². The number of benzene rings is 1. The number of nitrogens with zero attached hydrogens (tertiary/aromatic N) is 2. The van der Waals surface area contributed by atoms with E-state index in [1.165, 1.54) is 5.57 Å². The number of fused-ring (bicyclic) bond motifs is 1. The molecule has 1 aromatic carbocycles. The standard InChI is InChI=1S/C30H41N3O3/c1-4-5-10-28(35)25(15-21-11-12-21)30(36)32-29-19-33(26-9-7-6-8-23(26)17-31-29)18-24-16-22(20(2)3)13-14-27(24)34/h6-9,13-14,16-17,20-21,24-25,28-29,35H,4-5,10-12,15,18-19H2,1-3H3,(H,32,36)/t24?,25-,28+,29?/m1/s1. The summed E-state index contributed by atoms with van der Waals surface area (Å²) >= 11 is 0. The summed E-state index contributed by atoms with van der Waals surface area (Å²) in [7, 11) is 0. The molecule has 1 heterocycles. The molecule has 1 aliphatic heterocycles. The van der Waals surface area contributed by atoms with Crippen LogP contribution >= 0.6 is 0 Å². The summed E-state index contributed by atoms with van der Waals surface area (Å²) in [4.78, 5) is 33.0. The van der Waals surface area contributed by atoms with Gasteiger partial charge in [-0.05, 0) is 42.4 Å². The maximum atomic E-state index is 13.4. The Morgan fingerprint density at radius 3 is 2.72 bits per heavy atom. The van der Waals surface area contributed by atoms with Gasteiger partial charge in [-0.1, -0.05) is 76.8 Å². The molecule has 0 spiro atoms. The van der Waals surface area contributed by atoms with E-state index in [4.69, 9.17) is 4.99 Å². The van der Waals surface area contributed by atoms with E-state index in [1.54, 1.807) is 6.08 Å². The number of ketones is 1. The van der Waals surface area contributed by atoms with E-state index in [0.717, 1.165) is 43.4 Å². The largest absolute Gasteiger partial charge is 0.392 e. The van der Waals surface area contributed by atoms with Crippen LogP contribution in [-0.4, -0.2) is 48.4 Å². The van der Waals surface area contributed by atoms with E-state index in [1.807, 2.05) is 36.6 Å². The number of allylic oxidation sites excluding steroid dienone is 3. The number of carbonyl (C=O) groups is 2. The fourth-order valence-corrected chi connectivity index (χ4v) is 5.14. The molecule has 2 unspecified atom stereocenters. The summed E-state index contributed by atoms with van der Waals surface area (Å²) < 4.78 is 0. The molecule has 0 bridgehead atoms. The topological polar surface area (TPSA) is 82.0 Å². The van der Waals surface area contributed by atoms with Crippen LogP contribution in [0.15, 0.2) is 53.1 Å². The van der Waals surface area contributed by atoms with Gasteiger partial charge >= 0.3 is 0 Å². The lowest BCUT2D eigenvalue weighted by molar-refractivity contribution is -0.130. The van der Waals surface area contributed by atoms with Crippen molar-refractivity contribution in [3.63, 3.8) is 0 Å². The summed E-state index contributed by atoms with van der Waals surface area (Å²) in [6.45, 7) is 7.37. The van der Waals surface area contributed by atoms with Crippen molar-refractivity contribution in [2.24, 2.45) is 28.7 Å². The number of aliphatic hydroxyl groups is 1. The van der Waals surface area contributed by atoms with Gasteiger partial charge in [0.1, 0.15) is 6.17 Å². The quantitative estimate of drug-likeness (QED) is 0.471. The zero-order valence-corrected chi connectivity index (χ0v) is 21.9. The summed E-state index contributed by atoms with van der Waals surface area (Å²) in [5.41, 5.74) is 3.16. The first-order valence-electron chi connectivity index (χ1n) is 13.6. The number of hydrogen-bond acceptors (Lipinski definition) is 5. The maximum absolute atomic E-state index is 13.4. The lowest BCUT2D eigenvalue weighted by Gasteiger charge is -2.31. The van der Waals surface area contributed by atoms with Crippen LogP contribution in [0.2, 0.25) is 0 Å². The van der Waals surface area contributed by atoms with E-state index < -0.39 is 18.2 Å². The minimum atomic E-state index is -0.625. The summed E-state index contributed by atoms with van der Waals surface area (Å²) in [6.07, 6.45) is 12.0. The average molecular weight is 492 g/mol. The molecule has 4 rings (SSSR count). The molecule has 0 aromatic heterocycles. The van der Waals surface area contributed by atoms with Gasteiger partial charge in [-0.25, -0.2) is 0 Å². The number of aliphatic hydroxyl groups excluding tert-OH is 1. The van der Waals surface area contributed by atoms with Crippen LogP contribution in [0.25, 0.3) is 0 Å². The fraction of sp³-hybridized carbons (Fsp3) is 0.567. The van der Waals surface area contributed by atoms with Crippen molar-refractivity contribution >= 4 is 23.6 Å². The second kappa shape index (κ2) is 12.0. The molecule has 6 nitrogen and oxygen atoms in total. The highest BCUT2D eigenvalue weighted by molar-refractivity contribution is 5.96. The number of benzodiazepines with no additional fused rings is 1. The Bertz CT molecular complexity index is 1020. The van der Waals surface area contributed by atoms with Gasteiger partial charge in [-0.15, -0.1) is 0 Å². The van der Waals surface area contributed by atoms with Crippen molar-refractivity contribution < 1.29 is 14.7 Å². The van der Waals surface area contributed by atoms with E-state index in [-0.39, 0.29) is 17.6 Å². The van der Waals surface area contributed by atoms with Gasteiger partial charge in [-0.3, -0.25) is 14.6 Å².